The number of fused-ring (bicyclic) bond motifs is 1. The highest BCUT2D eigenvalue weighted by Crippen LogP contribution is 2.26. The SMILES string of the molecule is Cn1c(=O)c2c(nc(N3CCNCC3)n2-c2ccsc2)n(C)c1=O.O=C(O)C(F)(F)F. The van der Waals surface area contributed by atoms with Gasteiger partial charge in [-0.2, -0.15) is 29.5 Å². The number of hydrogen-bond donors (Lipinski definition) is 2. The maximum absolute atomic E-state index is 12.8. The van der Waals surface area contributed by atoms with Gasteiger partial charge in [-0.05, 0) is 11.4 Å². The third kappa shape index (κ3) is 4.34. The molecule has 0 aliphatic carbocycles. The average Bonchev–Trinajstić information content (AvgIpc) is 3.38. The maximum atomic E-state index is 12.8. The van der Waals surface area contributed by atoms with E-state index in [9.17, 15) is 22.8 Å². The van der Waals surface area contributed by atoms with Crippen molar-refractivity contribution < 1.29 is 23.1 Å². The summed E-state index contributed by atoms with van der Waals surface area (Å²) in [5.41, 5.74) is 1.06. The molecular formula is C17H19F3N6O4S. The van der Waals surface area contributed by atoms with Crippen molar-refractivity contribution in [1.29, 1.82) is 0 Å². The van der Waals surface area contributed by atoms with Crippen molar-refractivity contribution in [3.63, 3.8) is 0 Å². The van der Waals surface area contributed by atoms with E-state index in [4.69, 9.17) is 9.90 Å². The van der Waals surface area contributed by atoms with Crippen LogP contribution in [0, 0.1) is 0 Å². The molecule has 31 heavy (non-hydrogen) atoms. The second kappa shape index (κ2) is 8.55. The van der Waals surface area contributed by atoms with Gasteiger partial charge in [0, 0.05) is 45.7 Å². The van der Waals surface area contributed by atoms with Crippen LogP contribution in [0.15, 0.2) is 26.4 Å². The third-order valence-electron chi connectivity index (χ3n) is 4.65. The lowest BCUT2D eigenvalue weighted by molar-refractivity contribution is -0.192. The van der Waals surface area contributed by atoms with E-state index in [0.29, 0.717) is 17.1 Å². The van der Waals surface area contributed by atoms with Crippen LogP contribution in [0.4, 0.5) is 19.1 Å². The van der Waals surface area contributed by atoms with Crippen molar-refractivity contribution in [3.8, 4) is 5.69 Å². The quantitative estimate of drug-likeness (QED) is 0.573. The normalized spacial score (nSPS) is 14.4. The molecule has 4 heterocycles. The molecule has 1 fully saturated rings. The zero-order valence-electron chi connectivity index (χ0n) is 16.5. The van der Waals surface area contributed by atoms with Gasteiger partial charge in [-0.3, -0.25) is 18.5 Å². The van der Waals surface area contributed by atoms with Gasteiger partial charge in [0.1, 0.15) is 0 Å². The van der Waals surface area contributed by atoms with E-state index in [-0.39, 0.29) is 11.2 Å². The molecule has 3 aromatic rings. The smallest absolute Gasteiger partial charge is 0.475 e. The van der Waals surface area contributed by atoms with E-state index < -0.39 is 12.1 Å². The fourth-order valence-electron chi connectivity index (χ4n) is 3.09. The highest BCUT2D eigenvalue weighted by molar-refractivity contribution is 7.08. The van der Waals surface area contributed by atoms with Crippen LogP contribution in [0.3, 0.4) is 0 Å². The zero-order chi connectivity index (χ0) is 22.9. The Bertz CT molecular complexity index is 1210. The second-order valence-corrected chi connectivity index (χ2v) is 7.43. The molecule has 1 saturated heterocycles. The molecule has 1 aliphatic heterocycles. The van der Waals surface area contributed by atoms with E-state index in [0.717, 1.165) is 36.4 Å². The average molecular weight is 460 g/mol. The Morgan fingerprint density at radius 1 is 1.19 bits per heavy atom. The van der Waals surface area contributed by atoms with Gasteiger partial charge in [-0.25, -0.2) is 9.59 Å². The number of carboxylic acid groups (broad SMARTS) is 1. The number of imidazole rings is 1. The Morgan fingerprint density at radius 3 is 2.32 bits per heavy atom. The van der Waals surface area contributed by atoms with Gasteiger partial charge in [0.2, 0.25) is 5.95 Å². The second-order valence-electron chi connectivity index (χ2n) is 6.65. The molecule has 14 heteroatoms. The summed E-state index contributed by atoms with van der Waals surface area (Å²) in [6, 6.07) is 1.96. The summed E-state index contributed by atoms with van der Waals surface area (Å²) >= 11 is 1.56. The maximum Gasteiger partial charge on any atom is 0.490 e. The molecule has 168 valence electrons. The number of carboxylic acids is 1. The molecule has 0 aromatic carbocycles. The third-order valence-corrected chi connectivity index (χ3v) is 5.32. The molecule has 0 bridgehead atoms. The lowest BCUT2D eigenvalue weighted by Gasteiger charge is -2.28. The van der Waals surface area contributed by atoms with Crippen molar-refractivity contribution in [2.24, 2.45) is 14.1 Å². The molecule has 2 N–H and O–H groups in total. The van der Waals surface area contributed by atoms with Crippen LogP contribution in [0.2, 0.25) is 0 Å². The molecule has 0 atom stereocenters. The Balaban J connectivity index is 0.000000339. The van der Waals surface area contributed by atoms with Crippen molar-refractivity contribution in [3.05, 3.63) is 37.7 Å². The van der Waals surface area contributed by atoms with Gasteiger partial charge < -0.3 is 15.3 Å². The largest absolute Gasteiger partial charge is 0.490 e. The topological polar surface area (TPSA) is 114 Å². The minimum Gasteiger partial charge on any atom is -0.475 e. The Morgan fingerprint density at radius 2 is 1.81 bits per heavy atom. The minimum atomic E-state index is -5.08. The van der Waals surface area contributed by atoms with Crippen LogP contribution in [0.1, 0.15) is 0 Å². The van der Waals surface area contributed by atoms with Gasteiger partial charge in [0.15, 0.2) is 11.2 Å². The highest BCUT2D eigenvalue weighted by atomic mass is 32.1. The summed E-state index contributed by atoms with van der Waals surface area (Å²) in [6.07, 6.45) is -5.08. The predicted octanol–water partition coefficient (Wildman–Crippen LogP) is 0.527. The van der Waals surface area contributed by atoms with Crippen LogP contribution >= 0.6 is 11.3 Å². The molecule has 1 aliphatic rings. The van der Waals surface area contributed by atoms with Crippen molar-refractivity contribution >= 4 is 34.4 Å². The van der Waals surface area contributed by atoms with Crippen molar-refractivity contribution in [2.75, 3.05) is 31.1 Å². The van der Waals surface area contributed by atoms with Crippen LogP contribution in [0.5, 0.6) is 0 Å². The van der Waals surface area contributed by atoms with E-state index in [1.807, 2.05) is 21.4 Å². The standard InChI is InChI=1S/C15H18N6O2S.C2HF3O2/c1-18-12-11(13(22)19(2)15(18)23)21(10-3-8-24-9-10)14(17-12)20-6-4-16-5-7-20;3-2(4,5)1(6)7/h3,8-9,16H,4-7H2,1-2H3;(H,6,7). The molecule has 3 aromatic heterocycles. The van der Waals surface area contributed by atoms with Crippen molar-refractivity contribution in [1.82, 2.24) is 24.0 Å². The summed E-state index contributed by atoms with van der Waals surface area (Å²) in [6.45, 7) is 3.34. The molecule has 10 nitrogen and oxygen atoms in total. The molecule has 0 radical (unpaired) electrons. The summed E-state index contributed by atoms with van der Waals surface area (Å²) in [5.74, 6) is -2.05. The number of aryl methyl sites for hydroxylation is 1. The number of nitrogens with zero attached hydrogens (tertiary/aromatic N) is 5. The summed E-state index contributed by atoms with van der Waals surface area (Å²) in [4.78, 5) is 40.7. The number of carbonyl (C=O) groups is 1. The van der Waals surface area contributed by atoms with E-state index in [1.54, 1.807) is 18.4 Å². The fraction of sp³-hybridized carbons (Fsp3) is 0.412. The van der Waals surface area contributed by atoms with Gasteiger partial charge >= 0.3 is 17.8 Å². The number of anilines is 1. The van der Waals surface area contributed by atoms with Gasteiger partial charge in [0.25, 0.3) is 5.56 Å². The van der Waals surface area contributed by atoms with Crippen LogP contribution < -0.4 is 21.5 Å². The number of thiophene rings is 1. The van der Waals surface area contributed by atoms with Crippen LogP contribution in [-0.2, 0) is 18.9 Å². The van der Waals surface area contributed by atoms with Crippen LogP contribution in [-0.4, -0.2) is 62.1 Å². The van der Waals surface area contributed by atoms with E-state index >= 15 is 0 Å². The fourth-order valence-corrected chi connectivity index (χ4v) is 3.71. The Hall–Kier alpha value is -3.13. The Kier molecular flexibility index (Phi) is 6.22. The first-order chi connectivity index (χ1) is 14.5. The summed E-state index contributed by atoms with van der Waals surface area (Å²) in [7, 11) is 3.15. The van der Waals surface area contributed by atoms with Crippen molar-refractivity contribution in [2.45, 2.75) is 6.18 Å². The lowest BCUT2D eigenvalue weighted by Crippen LogP contribution is -2.44. The molecule has 0 amide bonds. The minimum absolute atomic E-state index is 0.326. The number of halogens is 3. The first-order valence-electron chi connectivity index (χ1n) is 9.01. The Labute approximate surface area is 176 Å². The molecule has 0 saturated carbocycles. The number of nitrogens with one attached hydrogen (secondary N) is 1. The summed E-state index contributed by atoms with van der Waals surface area (Å²) in [5, 5.41) is 14.4. The number of aliphatic carboxylic acids is 1. The molecule has 0 spiro atoms. The number of aromatic nitrogens is 4. The van der Waals surface area contributed by atoms with Crippen LogP contribution in [0.25, 0.3) is 16.9 Å². The predicted molar refractivity (Wildman–Crippen MR) is 108 cm³/mol. The lowest BCUT2D eigenvalue weighted by atomic mass is 10.4. The number of alkyl halides is 3. The monoisotopic (exact) mass is 460 g/mol. The van der Waals surface area contributed by atoms with Gasteiger partial charge in [-0.15, -0.1) is 0 Å². The number of hydrogen-bond acceptors (Lipinski definition) is 7. The highest BCUT2D eigenvalue weighted by Gasteiger charge is 2.38. The molecular weight excluding hydrogens is 441 g/mol. The molecule has 4 rings (SSSR count). The number of piperazine rings is 1. The first-order valence-corrected chi connectivity index (χ1v) is 9.95. The number of rotatable bonds is 2. The van der Waals surface area contributed by atoms with Gasteiger partial charge in [-0.1, -0.05) is 0 Å². The first kappa shape index (κ1) is 22.6. The van der Waals surface area contributed by atoms with E-state index in [1.165, 1.54) is 11.6 Å². The van der Waals surface area contributed by atoms with E-state index in [2.05, 4.69) is 15.2 Å². The summed E-state index contributed by atoms with van der Waals surface area (Å²) < 4.78 is 36.2. The zero-order valence-corrected chi connectivity index (χ0v) is 17.3. The van der Waals surface area contributed by atoms with Gasteiger partial charge in [0.05, 0.1) is 5.69 Å². The molecule has 0 unspecified atom stereocenters.